The Morgan fingerprint density at radius 3 is 2.95 bits per heavy atom. The number of carbonyl (C=O) groups is 1. The molecule has 1 rings (SSSR count). The largest absolute Gasteiger partial charge is 0.338 e. The molecule has 0 aliphatic rings. The standard InChI is InChI=1S/C14H18FN3O/c1-2-3-9-17-14(19)18-12-6-7-13(15)11(10-12)5-4-8-16/h6-7,10H,2-3,8-9,16H2,1H3,(H2,17,18,19). The first-order chi connectivity index (χ1) is 9.17. The molecule has 2 amide bonds. The maximum Gasteiger partial charge on any atom is 0.319 e. The SMILES string of the molecule is CCCCNC(=O)Nc1ccc(F)c(C#CCN)c1. The number of rotatable bonds is 4. The first-order valence-corrected chi connectivity index (χ1v) is 6.20. The number of unbranched alkanes of at least 4 members (excludes halogenated alkanes) is 1. The highest BCUT2D eigenvalue weighted by molar-refractivity contribution is 5.89. The summed E-state index contributed by atoms with van der Waals surface area (Å²) in [5.41, 5.74) is 5.95. The van der Waals surface area contributed by atoms with Gasteiger partial charge in [0.25, 0.3) is 0 Å². The summed E-state index contributed by atoms with van der Waals surface area (Å²) in [6, 6.07) is 3.93. The minimum Gasteiger partial charge on any atom is -0.338 e. The van der Waals surface area contributed by atoms with E-state index in [0.717, 1.165) is 12.8 Å². The molecular formula is C14H18FN3O. The number of nitrogens with one attached hydrogen (secondary N) is 2. The Balaban J connectivity index is 2.66. The van der Waals surface area contributed by atoms with E-state index in [0.29, 0.717) is 12.2 Å². The second kappa shape index (κ2) is 8.11. The van der Waals surface area contributed by atoms with E-state index in [4.69, 9.17) is 5.73 Å². The lowest BCUT2D eigenvalue weighted by Gasteiger charge is -2.07. The van der Waals surface area contributed by atoms with Crippen LogP contribution in [0.2, 0.25) is 0 Å². The van der Waals surface area contributed by atoms with E-state index in [1.807, 2.05) is 6.92 Å². The van der Waals surface area contributed by atoms with Crippen molar-refractivity contribution in [3.8, 4) is 11.8 Å². The third-order valence-corrected chi connectivity index (χ3v) is 2.37. The van der Waals surface area contributed by atoms with Gasteiger partial charge in [-0.3, -0.25) is 0 Å². The Bertz CT molecular complexity index is 491. The van der Waals surface area contributed by atoms with Gasteiger partial charge in [0, 0.05) is 12.2 Å². The van der Waals surface area contributed by atoms with Crippen molar-refractivity contribution < 1.29 is 9.18 Å². The lowest BCUT2D eigenvalue weighted by Crippen LogP contribution is -2.29. The predicted octanol–water partition coefficient (Wildman–Crippen LogP) is 2.06. The average Bonchev–Trinajstić information content (AvgIpc) is 2.39. The van der Waals surface area contributed by atoms with Crippen LogP contribution in [0.15, 0.2) is 18.2 Å². The van der Waals surface area contributed by atoms with Crippen molar-refractivity contribution in [3.05, 3.63) is 29.6 Å². The van der Waals surface area contributed by atoms with E-state index in [1.54, 1.807) is 0 Å². The summed E-state index contributed by atoms with van der Waals surface area (Å²) >= 11 is 0. The Labute approximate surface area is 112 Å². The summed E-state index contributed by atoms with van der Waals surface area (Å²) < 4.78 is 13.4. The third-order valence-electron chi connectivity index (χ3n) is 2.37. The van der Waals surface area contributed by atoms with E-state index >= 15 is 0 Å². The first kappa shape index (κ1) is 15.0. The number of anilines is 1. The molecule has 0 bridgehead atoms. The Morgan fingerprint density at radius 1 is 1.47 bits per heavy atom. The zero-order chi connectivity index (χ0) is 14.1. The van der Waals surface area contributed by atoms with Gasteiger partial charge in [-0.1, -0.05) is 25.2 Å². The molecule has 0 aromatic heterocycles. The van der Waals surface area contributed by atoms with Crippen molar-refractivity contribution in [1.29, 1.82) is 0 Å². The lowest BCUT2D eigenvalue weighted by molar-refractivity contribution is 0.252. The van der Waals surface area contributed by atoms with Gasteiger partial charge in [0.2, 0.25) is 0 Å². The fourth-order valence-corrected chi connectivity index (χ4v) is 1.40. The van der Waals surface area contributed by atoms with Crippen LogP contribution in [0, 0.1) is 17.7 Å². The van der Waals surface area contributed by atoms with E-state index < -0.39 is 5.82 Å². The average molecular weight is 263 g/mol. The molecule has 19 heavy (non-hydrogen) atoms. The van der Waals surface area contributed by atoms with Crippen molar-refractivity contribution >= 4 is 11.7 Å². The summed E-state index contributed by atoms with van der Waals surface area (Å²) in [5.74, 6) is 4.76. The highest BCUT2D eigenvalue weighted by Crippen LogP contribution is 2.13. The highest BCUT2D eigenvalue weighted by Gasteiger charge is 2.04. The van der Waals surface area contributed by atoms with Gasteiger partial charge in [-0.25, -0.2) is 9.18 Å². The maximum absolute atomic E-state index is 13.4. The number of halogens is 1. The molecule has 0 aliphatic carbocycles. The topological polar surface area (TPSA) is 67.2 Å². The van der Waals surface area contributed by atoms with Gasteiger partial charge in [0.1, 0.15) is 5.82 Å². The van der Waals surface area contributed by atoms with Crippen LogP contribution >= 0.6 is 0 Å². The normalized spacial score (nSPS) is 9.42. The molecule has 1 aromatic carbocycles. The second-order valence-corrected chi connectivity index (χ2v) is 3.93. The van der Waals surface area contributed by atoms with Crippen molar-refractivity contribution in [2.75, 3.05) is 18.4 Å². The second-order valence-electron chi connectivity index (χ2n) is 3.93. The van der Waals surface area contributed by atoms with Gasteiger partial charge in [0.05, 0.1) is 12.1 Å². The van der Waals surface area contributed by atoms with Crippen LogP contribution in [-0.2, 0) is 0 Å². The molecule has 0 saturated heterocycles. The van der Waals surface area contributed by atoms with Gasteiger partial charge in [0.15, 0.2) is 0 Å². The molecule has 0 spiro atoms. The van der Waals surface area contributed by atoms with Gasteiger partial charge in [-0.2, -0.15) is 0 Å². The molecule has 0 saturated carbocycles. The third kappa shape index (κ3) is 5.40. The number of hydrogen-bond acceptors (Lipinski definition) is 2. The zero-order valence-corrected chi connectivity index (χ0v) is 10.9. The highest BCUT2D eigenvalue weighted by atomic mass is 19.1. The molecule has 0 heterocycles. The van der Waals surface area contributed by atoms with Crippen LogP contribution in [0.3, 0.4) is 0 Å². The van der Waals surface area contributed by atoms with Crippen molar-refractivity contribution in [1.82, 2.24) is 5.32 Å². The van der Waals surface area contributed by atoms with Crippen molar-refractivity contribution in [3.63, 3.8) is 0 Å². The molecule has 4 nitrogen and oxygen atoms in total. The maximum atomic E-state index is 13.4. The lowest BCUT2D eigenvalue weighted by atomic mass is 10.2. The Morgan fingerprint density at radius 2 is 2.26 bits per heavy atom. The summed E-state index contributed by atoms with van der Waals surface area (Å²) in [6.45, 7) is 2.82. The monoisotopic (exact) mass is 263 g/mol. The molecule has 0 unspecified atom stereocenters. The fraction of sp³-hybridized carbons (Fsp3) is 0.357. The first-order valence-electron chi connectivity index (χ1n) is 6.20. The number of carbonyl (C=O) groups excluding carboxylic acids is 1. The molecular weight excluding hydrogens is 245 g/mol. The van der Waals surface area contributed by atoms with E-state index in [-0.39, 0.29) is 18.1 Å². The number of nitrogens with two attached hydrogens (primary N) is 1. The molecule has 102 valence electrons. The van der Waals surface area contributed by atoms with E-state index in [1.165, 1.54) is 18.2 Å². The minimum atomic E-state index is -0.433. The zero-order valence-electron chi connectivity index (χ0n) is 10.9. The molecule has 0 aliphatic heterocycles. The van der Waals surface area contributed by atoms with Gasteiger partial charge in [-0.15, -0.1) is 0 Å². The van der Waals surface area contributed by atoms with E-state index in [2.05, 4.69) is 22.5 Å². The van der Waals surface area contributed by atoms with Crippen LogP contribution < -0.4 is 16.4 Å². The fourth-order valence-electron chi connectivity index (χ4n) is 1.40. The minimum absolute atomic E-state index is 0.161. The molecule has 5 heteroatoms. The van der Waals surface area contributed by atoms with Crippen LogP contribution in [0.1, 0.15) is 25.3 Å². The Kier molecular flexibility index (Phi) is 6.41. The predicted molar refractivity (Wildman–Crippen MR) is 74.3 cm³/mol. The number of urea groups is 1. The quantitative estimate of drug-likeness (QED) is 0.575. The van der Waals surface area contributed by atoms with Crippen molar-refractivity contribution in [2.45, 2.75) is 19.8 Å². The number of benzene rings is 1. The van der Waals surface area contributed by atoms with Crippen LogP contribution in [0.25, 0.3) is 0 Å². The molecule has 4 N–H and O–H groups in total. The van der Waals surface area contributed by atoms with E-state index in [9.17, 15) is 9.18 Å². The van der Waals surface area contributed by atoms with Crippen LogP contribution in [0.4, 0.5) is 14.9 Å². The van der Waals surface area contributed by atoms with Crippen LogP contribution in [0.5, 0.6) is 0 Å². The van der Waals surface area contributed by atoms with Gasteiger partial charge < -0.3 is 16.4 Å². The number of hydrogen-bond donors (Lipinski definition) is 3. The summed E-state index contributed by atoms with van der Waals surface area (Å²) in [5, 5.41) is 5.34. The van der Waals surface area contributed by atoms with Crippen LogP contribution in [-0.4, -0.2) is 19.1 Å². The molecule has 0 fully saturated rings. The number of amides is 2. The smallest absolute Gasteiger partial charge is 0.319 e. The summed E-state index contributed by atoms with van der Waals surface area (Å²) in [4.78, 5) is 11.5. The van der Waals surface area contributed by atoms with Gasteiger partial charge in [-0.05, 0) is 24.6 Å². The van der Waals surface area contributed by atoms with Crippen molar-refractivity contribution in [2.24, 2.45) is 5.73 Å². The molecule has 0 atom stereocenters. The molecule has 1 aromatic rings. The Hall–Kier alpha value is -2.06. The summed E-state index contributed by atoms with van der Waals surface area (Å²) in [6.07, 6.45) is 1.93. The molecule has 0 radical (unpaired) electrons. The summed E-state index contributed by atoms with van der Waals surface area (Å²) in [7, 11) is 0. The van der Waals surface area contributed by atoms with Gasteiger partial charge >= 0.3 is 6.03 Å².